The Hall–Kier alpha value is -3.00. The molecule has 0 radical (unpaired) electrons. The summed E-state index contributed by atoms with van der Waals surface area (Å²) in [5.74, 6) is 1.04. The van der Waals surface area contributed by atoms with Crippen molar-refractivity contribution >= 4 is 39.1 Å². The van der Waals surface area contributed by atoms with Gasteiger partial charge in [-0.15, -0.1) is 11.3 Å². The second-order valence-electron chi connectivity index (χ2n) is 8.71. The predicted molar refractivity (Wildman–Crippen MR) is 129 cm³/mol. The molecule has 0 saturated carbocycles. The Morgan fingerprint density at radius 2 is 1.78 bits per heavy atom. The number of methoxy groups -OCH3 is 1. The number of carbonyl (C=O) groups excluding carboxylic acids is 2. The van der Waals surface area contributed by atoms with Gasteiger partial charge in [-0.25, -0.2) is 9.97 Å². The van der Waals surface area contributed by atoms with E-state index in [2.05, 4.69) is 31.1 Å². The van der Waals surface area contributed by atoms with E-state index in [4.69, 9.17) is 9.72 Å². The lowest BCUT2D eigenvalue weighted by Crippen LogP contribution is -2.37. The number of anilines is 1. The molecule has 3 aromatic rings. The van der Waals surface area contributed by atoms with Gasteiger partial charge < -0.3 is 15.0 Å². The van der Waals surface area contributed by atoms with Gasteiger partial charge in [0.05, 0.1) is 17.7 Å². The summed E-state index contributed by atoms with van der Waals surface area (Å²) in [4.78, 5) is 38.3. The number of ether oxygens (including phenoxy) is 1. The Bertz CT molecular complexity index is 1150. The third kappa shape index (κ3) is 4.91. The second kappa shape index (κ2) is 9.24. The van der Waals surface area contributed by atoms with E-state index >= 15 is 0 Å². The number of aryl methyl sites for hydroxylation is 2. The molecule has 2 amide bonds. The second-order valence-corrected chi connectivity index (χ2v) is 9.71. The van der Waals surface area contributed by atoms with Crippen molar-refractivity contribution in [2.75, 3.05) is 25.5 Å². The molecule has 170 valence electrons. The first-order chi connectivity index (χ1) is 15.0. The first kappa shape index (κ1) is 23.7. The number of aromatic nitrogens is 2. The summed E-state index contributed by atoms with van der Waals surface area (Å²) in [6.07, 6.45) is 0. The maximum absolute atomic E-state index is 13.3. The highest BCUT2D eigenvalue weighted by Crippen LogP contribution is 2.34. The normalized spacial score (nSPS) is 11.5. The lowest BCUT2D eigenvalue weighted by atomic mass is 9.95. The molecule has 7 nitrogen and oxygen atoms in total. The molecule has 1 N–H and O–H groups in total. The van der Waals surface area contributed by atoms with Gasteiger partial charge in [0.2, 0.25) is 5.91 Å². The van der Waals surface area contributed by atoms with Crippen LogP contribution in [0.2, 0.25) is 0 Å². The van der Waals surface area contributed by atoms with Gasteiger partial charge in [-0.1, -0.05) is 20.8 Å². The summed E-state index contributed by atoms with van der Waals surface area (Å²) >= 11 is 1.37. The van der Waals surface area contributed by atoms with E-state index in [1.807, 2.05) is 20.8 Å². The molecule has 0 spiro atoms. The van der Waals surface area contributed by atoms with Crippen LogP contribution in [0.5, 0.6) is 5.75 Å². The number of fused-ring (bicyclic) bond motifs is 1. The smallest absolute Gasteiger partial charge is 0.264 e. The topological polar surface area (TPSA) is 84.4 Å². The van der Waals surface area contributed by atoms with Crippen LogP contribution in [0, 0.1) is 13.8 Å². The first-order valence-corrected chi connectivity index (χ1v) is 11.4. The number of carbonyl (C=O) groups is 2. The maximum atomic E-state index is 13.3. The number of benzene rings is 1. The fraction of sp³-hybridized carbons (Fsp3) is 0.417. The van der Waals surface area contributed by atoms with Crippen LogP contribution in [-0.4, -0.2) is 46.9 Å². The molecule has 0 unspecified atom stereocenters. The third-order valence-corrected chi connectivity index (χ3v) is 6.39. The lowest BCUT2D eigenvalue weighted by molar-refractivity contribution is -0.116. The number of nitrogens with one attached hydrogen (secondary N) is 1. The van der Waals surface area contributed by atoms with E-state index in [0.29, 0.717) is 22.9 Å². The van der Waals surface area contributed by atoms with E-state index < -0.39 is 0 Å². The number of nitrogens with zero attached hydrogens (tertiary/aromatic N) is 3. The van der Waals surface area contributed by atoms with Crippen LogP contribution in [0.15, 0.2) is 24.3 Å². The van der Waals surface area contributed by atoms with Crippen molar-refractivity contribution in [1.29, 1.82) is 0 Å². The molecule has 8 heteroatoms. The van der Waals surface area contributed by atoms with Crippen LogP contribution in [0.1, 0.15) is 54.4 Å². The number of thiophene rings is 1. The molecule has 0 saturated heterocycles. The number of amides is 2. The van der Waals surface area contributed by atoms with Crippen molar-refractivity contribution in [2.24, 2.45) is 0 Å². The monoisotopic (exact) mass is 454 g/mol. The SMILES string of the molecule is CCN(CC(=O)Nc1ccc(OC)cc1)C(=O)c1sc2nc(C(C)(C)C)nc(C)c2c1C. The summed E-state index contributed by atoms with van der Waals surface area (Å²) < 4.78 is 5.13. The van der Waals surface area contributed by atoms with Gasteiger partial charge >= 0.3 is 0 Å². The van der Waals surface area contributed by atoms with Crippen LogP contribution in [0.25, 0.3) is 10.2 Å². The molecule has 2 aromatic heterocycles. The third-order valence-electron chi connectivity index (χ3n) is 5.21. The lowest BCUT2D eigenvalue weighted by Gasteiger charge is -2.20. The van der Waals surface area contributed by atoms with E-state index in [1.165, 1.54) is 11.3 Å². The quantitative estimate of drug-likeness (QED) is 0.583. The number of likely N-dealkylation sites (N-methyl/N-ethyl adjacent to an activating group) is 1. The van der Waals surface area contributed by atoms with E-state index in [0.717, 1.165) is 27.3 Å². The highest BCUT2D eigenvalue weighted by Gasteiger charge is 2.26. The van der Waals surface area contributed by atoms with Gasteiger partial charge in [-0.3, -0.25) is 9.59 Å². The van der Waals surface area contributed by atoms with Gasteiger partial charge in [-0.2, -0.15) is 0 Å². The van der Waals surface area contributed by atoms with Crippen LogP contribution in [-0.2, 0) is 10.2 Å². The van der Waals surface area contributed by atoms with Crippen LogP contribution in [0.3, 0.4) is 0 Å². The summed E-state index contributed by atoms with van der Waals surface area (Å²) in [5, 5.41) is 3.75. The maximum Gasteiger partial charge on any atom is 0.264 e. The van der Waals surface area contributed by atoms with Gasteiger partial charge in [-0.05, 0) is 50.6 Å². The van der Waals surface area contributed by atoms with Crippen molar-refractivity contribution in [3.05, 3.63) is 46.2 Å². The van der Waals surface area contributed by atoms with E-state index in [-0.39, 0.29) is 23.8 Å². The Kier molecular flexibility index (Phi) is 6.83. The Balaban J connectivity index is 1.83. The van der Waals surface area contributed by atoms with Gasteiger partial charge in [0.25, 0.3) is 5.91 Å². The van der Waals surface area contributed by atoms with Crippen molar-refractivity contribution in [2.45, 2.75) is 47.0 Å². The minimum atomic E-state index is -0.255. The Morgan fingerprint density at radius 3 is 2.34 bits per heavy atom. The summed E-state index contributed by atoms with van der Waals surface area (Å²) in [7, 11) is 1.59. The molecule has 0 aliphatic rings. The minimum Gasteiger partial charge on any atom is -0.497 e. The molecule has 0 bridgehead atoms. The molecular formula is C24H30N4O3S. The van der Waals surface area contributed by atoms with Crippen molar-refractivity contribution in [1.82, 2.24) is 14.9 Å². The standard InChI is InChI=1S/C24H30N4O3S/c1-8-28(13-18(29)26-16-9-11-17(31-7)12-10-16)22(30)20-14(2)19-15(3)25-23(24(4,5)6)27-21(19)32-20/h9-12H,8,13H2,1-7H3,(H,26,29). The largest absolute Gasteiger partial charge is 0.497 e. The molecule has 3 rings (SSSR count). The fourth-order valence-corrected chi connectivity index (χ4v) is 4.60. The van der Waals surface area contributed by atoms with E-state index in [1.54, 1.807) is 36.3 Å². The zero-order valence-corrected chi connectivity index (χ0v) is 20.5. The van der Waals surface area contributed by atoms with Crippen molar-refractivity contribution < 1.29 is 14.3 Å². The average molecular weight is 455 g/mol. The summed E-state index contributed by atoms with van der Waals surface area (Å²) in [6.45, 7) is 12.3. The van der Waals surface area contributed by atoms with Crippen LogP contribution in [0.4, 0.5) is 5.69 Å². The molecule has 2 heterocycles. The first-order valence-electron chi connectivity index (χ1n) is 10.6. The minimum absolute atomic E-state index is 0.0348. The van der Waals surface area contributed by atoms with E-state index in [9.17, 15) is 9.59 Å². The van der Waals surface area contributed by atoms with Crippen molar-refractivity contribution in [3.63, 3.8) is 0 Å². The number of hydrogen-bond acceptors (Lipinski definition) is 6. The Labute approximate surface area is 192 Å². The predicted octanol–water partition coefficient (Wildman–Crippen LogP) is 4.72. The van der Waals surface area contributed by atoms with Gasteiger partial charge in [0.15, 0.2) is 0 Å². The number of hydrogen-bond donors (Lipinski definition) is 1. The zero-order chi connectivity index (χ0) is 23.6. The average Bonchev–Trinajstić information content (AvgIpc) is 3.08. The highest BCUT2D eigenvalue weighted by atomic mass is 32.1. The van der Waals surface area contributed by atoms with Gasteiger partial charge in [0.1, 0.15) is 22.9 Å². The van der Waals surface area contributed by atoms with Crippen LogP contribution < -0.4 is 10.1 Å². The molecule has 0 aliphatic carbocycles. The molecule has 0 atom stereocenters. The van der Waals surface area contributed by atoms with Crippen LogP contribution >= 0.6 is 11.3 Å². The molecule has 0 fully saturated rings. The fourth-order valence-electron chi connectivity index (χ4n) is 3.40. The molecule has 1 aromatic carbocycles. The number of rotatable bonds is 6. The summed E-state index contributed by atoms with van der Waals surface area (Å²) in [5.41, 5.74) is 2.20. The van der Waals surface area contributed by atoms with Gasteiger partial charge in [0, 0.05) is 23.0 Å². The highest BCUT2D eigenvalue weighted by molar-refractivity contribution is 7.20. The zero-order valence-electron chi connectivity index (χ0n) is 19.7. The molecule has 32 heavy (non-hydrogen) atoms. The Morgan fingerprint density at radius 1 is 1.12 bits per heavy atom. The molecular weight excluding hydrogens is 424 g/mol. The van der Waals surface area contributed by atoms with Crippen molar-refractivity contribution in [3.8, 4) is 5.75 Å². The molecule has 0 aliphatic heterocycles. The summed E-state index contributed by atoms with van der Waals surface area (Å²) in [6, 6.07) is 7.07.